The van der Waals surface area contributed by atoms with E-state index in [1.54, 1.807) is 0 Å². The zero-order valence-electron chi connectivity index (χ0n) is 12.9. The van der Waals surface area contributed by atoms with E-state index < -0.39 is 0 Å². The highest BCUT2D eigenvalue weighted by molar-refractivity contribution is 6.69. The zero-order valence-corrected chi connectivity index (χ0v) is 12.9. The largest absolute Gasteiger partial charge is 0.495 e. The maximum Gasteiger partial charge on any atom is 0.495 e. The van der Waals surface area contributed by atoms with E-state index in [9.17, 15) is 0 Å². The highest BCUT2D eigenvalue weighted by atomic mass is 16.7. The first-order valence-corrected chi connectivity index (χ1v) is 7.54. The van der Waals surface area contributed by atoms with E-state index in [0.717, 1.165) is 0 Å². The first-order chi connectivity index (χ1) is 9.41. The number of hydrogen-bond acceptors (Lipinski definition) is 2. The van der Waals surface area contributed by atoms with Gasteiger partial charge in [-0.25, -0.2) is 0 Å². The van der Waals surface area contributed by atoms with Crippen LogP contribution in [0.4, 0.5) is 0 Å². The molecule has 0 spiro atoms. The van der Waals surface area contributed by atoms with E-state index in [-0.39, 0.29) is 18.3 Å². The van der Waals surface area contributed by atoms with Gasteiger partial charge in [-0.2, -0.15) is 0 Å². The fourth-order valence-electron chi connectivity index (χ4n) is 2.71. The molecule has 20 heavy (non-hydrogen) atoms. The van der Waals surface area contributed by atoms with Gasteiger partial charge >= 0.3 is 7.12 Å². The Bertz CT molecular complexity index is 509. The SMILES string of the molecule is CC1(C)OB(C(=C2CCC2)c2ccccc2)OC1(C)C. The van der Waals surface area contributed by atoms with Crippen molar-refractivity contribution in [2.24, 2.45) is 0 Å². The standard InChI is InChI=1S/C17H23BO2/c1-16(2)17(3,4)20-18(19-16)15(14-11-8-12-14)13-9-6-5-7-10-13/h5-7,9-10H,8,11-12H2,1-4H3. The van der Waals surface area contributed by atoms with Crippen LogP contribution in [-0.2, 0) is 9.31 Å². The molecule has 106 valence electrons. The summed E-state index contributed by atoms with van der Waals surface area (Å²) < 4.78 is 12.5. The predicted molar refractivity (Wildman–Crippen MR) is 83.3 cm³/mol. The monoisotopic (exact) mass is 270 g/mol. The van der Waals surface area contributed by atoms with Crippen LogP contribution >= 0.6 is 0 Å². The molecule has 0 bridgehead atoms. The summed E-state index contributed by atoms with van der Waals surface area (Å²) >= 11 is 0. The van der Waals surface area contributed by atoms with Gasteiger partial charge in [0.05, 0.1) is 11.2 Å². The summed E-state index contributed by atoms with van der Waals surface area (Å²) in [6, 6.07) is 10.5. The van der Waals surface area contributed by atoms with Crippen molar-refractivity contribution in [3.8, 4) is 0 Å². The van der Waals surface area contributed by atoms with Crippen molar-refractivity contribution in [1.29, 1.82) is 0 Å². The van der Waals surface area contributed by atoms with Crippen LogP contribution in [0.25, 0.3) is 5.47 Å². The summed E-state index contributed by atoms with van der Waals surface area (Å²) in [5.41, 5.74) is 3.44. The third-order valence-electron chi connectivity index (χ3n) is 4.91. The summed E-state index contributed by atoms with van der Waals surface area (Å²) in [7, 11) is -0.238. The molecule has 2 nitrogen and oxygen atoms in total. The maximum absolute atomic E-state index is 6.26. The summed E-state index contributed by atoms with van der Waals surface area (Å²) in [4.78, 5) is 0. The molecule has 0 amide bonds. The molecule has 1 aliphatic carbocycles. The zero-order chi connectivity index (χ0) is 14.4. The van der Waals surface area contributed by atoms with Crippen molar-refractivity contribution in [1.82, 2.24) is 0 Å². The van der Waals surface area contributed by atoms with Crippen LogP contribution in [-0.4, -0.2) is 18.3 Å². The van der Waals surface area contributed by atoms with Gasteiger partial charge in [0, 0.05) is 0 Å². The van der Waals surface area contributed by atoms with Gasteiger partial charge in [-0.05, 0) is 58.0 Å². The molecular weight excluding hydrogens is 247 g/mol. The highest BCUT2D eigenvalue weighted by Gasteiger charge is 2.53. The molecule has 3 heteroatoms. The van der Waals surface area contributed by atoms with E-state index >= 15 is 0 Å². The predicted octanol–water partition coefficient (Wildman–Crippen LogP) is 4.26. The Morgan fingerprint density at radius 1 is 0.950 bits per heavy atom. The highest BCUT2D eigenvalue weighted by Crippen LogP contribution is 2.44. The quantitative estimate of drug-likeness (QED) is 0.748. The number of allylic oxidation sites excluding steroid dienone is 1. The third-order valence-corrected chi connectivity index (χ3v) is 4.91. The molecule has 1 heterocycles. The molecule has 1 saturated heterocycles. The Morgan fingerprint density at radius 2 is 1.50 bits per heavy atom. The van der Waals surface area contributed by atoms with Crippen LogP contribution in [0.2, 0.25) is 0 Å². The second-order valence-electron chi connectivity index (χ2n) is 6.83. The maximum atomic E-state index is 6.26. The van der Waals surface area contributed by atoms with Crippen LogP contribution in [0.15, 0.2) is 35.9 Å². The van der Waals surface area contributed by atoms with Crippen LogP contribution in [0, 0.1) is 0 Å². The van der Waals surface area contributed by atoms with Crippen molar-refractivity contribution in [3.05, 3.63) is 41.5 Å². The molecule has 1 saturated carbocycles. The van der Waals surface area contributed by atoms with Crippen molar-refractivity contribution in [3.63, 3.8) is 0 Å². The Balaban J connectivity index is 1.98. The molecule has 3 rings (SSSR count). The first-order valence-electron chi connectivity index (χ1n) is 7.54. The third kappa shape index (κ3) is 2.23. The van der Waals surface area contributed by atoms with Gasteiger partial charge < -0.3 is 9.31 Å². The molecule has 0 atom stereocenters. The van der Waals surface area contributed by atoms with Crippen molar-refractivity contribution in [2.75, 3.05) is 0 Å². The summed E-state index contributed by atoms with van der Waals surface area (Å²) in [5, 5.41) is 0. The average molecular weight is 270 g/mol. The molecule has 0 unspecified atom stereocenters. The lowest BCUT2D eigenvalue weighted by Gasteiger charge is -2.32. The molecule has 0 radical (unpaired) electrons. The normalized spacial score (nSPS) is 23.6. The Labute approximate surface area is 122 Å². The number of benzene rings is 1. The van der Waals surface area contributed by atoms with Gasteiger partial charge in [0.1, 0.15) is 0 Å². The lowest BCUT2D eigenvalue weighted by molar-refractivity contribution is 0.00578. The minimum Gasteiger partial charge on any atom is -0.399 e. The minimum absolute atomic E-state index is 0.238. The molecule has 0 N–H and O–H groups in total. The summed E-state index contributed by atoms with van der Waals surface area (Å²) in [6.07, 6.45) is 3.63. The Morgan fingerprint density at radius 3 is 1.95 bits per heavy atom. The molecule has 2 fully saturated rings. The van der Waals surface area contributed by atoms with Crippen molar-refractivity contribution in [2.45, 2.75) is 58.2 Å². The molecule has 1 aromatic carbocycles. The van der Waals surface area contributed by atoms with E-state index in [4.69, 9.17) is 9.31 Å². The Hall–Kier alpha value is -1.06. The van der Waals surface area contributed by atoms with E-state index in [1.165, 1.54) is 35.9 Å². The van der Waals surface area contributed by atoms with Gasteiger partial charge in [-0.15, -0.1) is 0 Å². The fraction of sp³-hybridized carbons (Fsp3) is 0.529. The Kier molecular flexibility index (Phi) is 3.30. The smallest absolute Gasteiger partial charge is 0.399 e. The van der Waals surface area contributed by atoms with E-state index in [2.05, 4.69) is 58.0 Å². The topological polar surface area (TPSA) is 18.5 Å². The average Bonchev–Trinajstić information content (AvgIpc) is 2.53. The van der Waals surface area contributed by atoms with Crippen LogP contribution < -0.4 is 0 Å². The minimum atomic E-state index is -0.276. The van der Waals surface area contributed by atoms with E-state index in [0.29, 0.717) is 0 Å². The van der Waals surface area contributed by atoms with Gasteiger partial charge in [0.25, 0.3) is 0 Å². The van der Waals surface area contributed by atoms with Crippen molar-refractivity contribution < 1.29 is 9.31 Å². The van der Waals surface area contributed by atoms with Gasteiger partial charge in [0.2, 0.25) is 0 Å². The number of hydrogen-bond donors (Lipinski definition) is 0. The lowest BCUT2D eigenvalue weighted by Crippen LogP contribution is -2.41. The van der Waals surface area contributed by atoms with Crippen molar-refractivity contribution >= 4 is 12.6 Å². The summed E-state index contributed by atoms with van der Waals surface area (Å²) in [5.74, 6) is 0. The second-order valence-corrected chi connectivity index (χ2v) is 6.83. The van der Waals surface area contributed by atoms with Gasteiger partial charge in [-0.1, -0.05) is 35.9 Å². The van der Waals surface area contributed by atoms with Crippen LogP contribution in [0.1, 0.15) is 52.5 Å². The van der Waals surface area contributed by atoms with Gasteiger partial charge in [-0.3, -0.25) is 0 Å². The summed E-state index contributed by atoms with van der Waals surface area (Å²) in [6.45, 7) is 8.45. The molecule has 0 aromatic heterocycles. The van der Waals surface area contributed by atoms with Gasteiger partial charge in [0.15, 0.2) is 0 Å². The lowest BCUT2D eigenvalue weighted by atomic mass is 9.67. The second kappa shape index (κ2) is 4.75. The molecule has 2 aliphatic rings. The van der Waals surface area contributed by atoms with Crippen LogP contribution in [0.3, 0.4) is 0 Å². The fourth-order valence-corrected chi connectivity index (χ4v) is 2.71. The number of rotatable bonds is 2. The van der Waals surface area contributed by atoms with E-state index in [1.807, 2.05) is 0 Å². The molecular formula is C17H23BO2. The molecule has 1 aromatic rings. The first kappa shape index (κ1) is 13.9. The molecule has 1 aliphatic heterocycles. The van der Waals surface area contributed by atoms with Crippen LogP contribution in [0.5, 0.6) is 0 Å².